The summed E-state index contributed by atoms with van der Waals surface area (Å²) in [5, 5.41) is 12.0. The number of aromatic nitrogens is 4. The number of hydrogen-bond acceptors (Lipinski definition) is 4. The molecule has 0 atom stereocenters. The molecule has 0 aromatic carbocycles. The van der Waals surface area contributed by atoms with E-state index in [2.05, 4.69) is 45.0 Å². The second-order valence-corrected chi connectivity index (χ2v) is 9.73. The molecule has 2 rings (SSSR count). The summed E-state index contributed by atoms with van der Waals surface area (Å²) >= 11 is 0. The van der Waals surface area contributed by atoms with E-state index in [0.717, 1.165) is 11.0 Å². The van der Waals surface area contributed by atoms with Crippen LogP contribution in [0.1, 0.15) is 5.69 Å². The van der Waals surface area contributed by atoms with Gasteiger partial charge in [0.15, 0.2) is 5.82 Å². The van der Waals surface area contributed by atoms with Gasteiger partial charge in [-0.25, -0.2) is 9.98 Å². The van der Waals surface area contributed by atoms with Gasteiger partial charge in [-0.1, -0.05) is 25.7 Å². The van der Waals surface area contributed by atoms with E-state index in [9.17, 15) is 0 Å². The fourth-order valence-electron chi connectivity index (χ4n) is 1.44. The Balaban J connectivity index is 2.26. The highest BCUT2D eigenvalue weighted by atomic mass is 28.3. The Hall–Kier alpha value is -1.82. The molecule has 1 N–H and O–H groups in total. The maximum absolute atomic E-state index is 4.29. The quantitative estimate of drug-likeness (QED) is 0.658. The van der Waals surface area contributed by atoms with Crippen molar-refractivity contribution in [2.45, 2.75) is 19.6 Å². The molecular formula is C11H15N5Si. The van der Waals surface area contributed by atoms with Crippen LogP contribution in [-0.2, 0) is 0 Å². The third-order valence-corrected chi connectivity index (χ3v) is 4.04. The highest BCUT2D eigenvalue weighted by Crippen LogP contribution is 2.05. The van der Waals surface area contributed by atoms with Gasteiger partial charge < -0.3 is 0 Å². The third kappa shape index (κ3) is 2.85. The minimum Gasteiger partial charge on any atom is -0.237 e. The number of aromatic amines is 1. The largest absolute Gasteiger partial charge is 0.237 e. The molecule has 0 bridgehead atoms. The van der Waals surface area contributed by atoms with E-state index in [4.69, 9.17) is 0 Å². The number of nitrogens with zero attached hydrogens (tertiary/aromatic N) is 4. The minimum absolute atomic E-state index is 0.678. The maximum atomic E-state index is 4.29. The first-order valence-corrected chi connectivity index (χ1v) is 8.94. The lowest BCUT2D eigenvalue weighted by molar-refractivity contribution is 0.942. The predicted octanol–water partition coefficient (Wildman–Crippen LogP) is 1.50. The summed E-state index contributed by atoms with van der Waals surface area (Å²) in [4.78, 5) is 8.41. The van der Waals surface area contributed by atoms with Gasteiger partial charge in [0.2, 0.25) is 0 Å². The third-order valence-electron chi connectivity index (χ3n) is 2.25. The number of rotatable bonds is 3. The second-order valence-electron chi connectivity index (χ2n) is 4.75. The topological polar surface area (TPSA) is 66.8 Å². The molecule has 6 heteroatoms. The standard InChI is InChI=1S/C11H15N5Si/c1-17(2,3)11-9(14-16-15-11)8-13-10-6-4-5-7-12-10/h4-8H,1-3H3,(H,14,15,16). The zero-order chi connectivity index (χ0) is 12.3. The number of aliphatic imine (C=N–C) groups is 1. The maximum Gasteiger partial charge on any atom is 0.151 e. The van der Waals surface area contributed by atoms with Crippen molar-refractivity contribution in [3.05, 3.63) is 30.1 Å². The van der Waals surface area contributed by atoms with Gasteiger partial charge in [-0.05, 0) is 12.1 Å². The van der Waals surface area contributed by atoms with Crippen LogP contribution in [0.5, 0.6) is 0 Å². The molecule has 0 unspecified atom stereocenters. The van der Waals surface area contributed by atoms with Gasteiger partial charge in [0.25, 0.3) is 0 Å². The molecule has 0 aliphatic rings. The molecular weight excluding hydrogens is 230 g/mol. The molecule has 0 amide bonds. The molecule has 0 aliphatic heterocycles. The molecule has 17 heavy (non-hydrogen) atoms. The van der Waals surface area contributed by atoms with Gasteiger partial charge in [-0.15, -0.1) is 0 Å². The van der Waals surface area contributed by atoms with Crippen LogP contribution in [0.15, 0.2) is 29.4 Å². The Labute approximate surface area is 101 Å². The van der Waals surface area contributed by atoms with E-state index in [1.54, 1.807) is 12.4 Å². The van der Waals surface area contributed by atoms with Gasteiger partial charge in [0.1, 0.15) is 13.8 Å². The van der Waals surface area contributed by atoms with Gasteiger partial charge in [0, 0.05) is 6.20 Å². The van der Waals surface area contributed by atoms with Crippen molar-refractivity contribution in [3.8, 4) is 0 Å². The van der Waals surface area contributed by atoms with Crippen molar-refractivity contribution in [3.63, 3.8) is 0 Å². The fourth-order valence-corrected chi connectivity index (χ4v) is 2.71. The molecule has 0 saturated carbocycles. The van der Waals surface area contributed by atoms with Crippen molar-refractivity contribution >= 4 is 25.4 Å². The van der Waals surface area contributed by atoms with Crippen molar-refractivity contribution in [1.29, 1.82) is 0 Å². The Bertz CT molecular complexity index is 512. The number of hydrogen-bond donors (Lipinski definition) is 1. The van der Waals surface area contributed by atoms with Crippen molar-refractivity contribution in [2.75, 3.05) is 0 Å². The van der Waals surface area contributed by atoms with Gasteiger partial charge in [-0.3, -0.25) is 0 Å². The lowest BCUT2D eigenvalue weighted by Crippen LogP contribution is -2.41. The van der Waals surface area contributed by atoms with E-state index in [0.29, 0.717) is 5.82 Å². The lowest BCUT2D eigenvalue weighted by Gasteiger charge is -2.11. The highest BCUT2D eigenvalue weighted by Gasteiger charge is 2.23. The molecule has 2 aromatic heterocycles. The van der Waals surface area contributed by atoms with Crippen LogP contribution < -0.4 is 5.32 Å². The summed E-state index contributed by atoms with van der Waals surface area (Å²) < 4.78 is 0. The smallest absolute Gasteiger partial charge is 0.151 e. The first-order valence-electron chi connectivity index (χ1n) is 5.44. The second kappa shape index (κ2) is 4.58. The Morgan fingerprint density at radius 1 is 1.24 bits per heavy atom. The SMILES string of the molecule is C[Si](C)(C)c1n[nH]nc1C=Nc1ccccn1. The van der Waals surface area contributed by atoms with E-state index in [1.807, 2.05) is 18.2 Å². The zero-order valence-electron chi connectivity index (χ0n) is 10.2. The van der Waals surface area contributed by atoms with Crippen LogP contribution in [0.4, 0.5) is 5.82 Å². The van der Waals surface area contributed by atoms with Crippen molar-refractivity contribution in [1.82, 2.24) is 20.4 Å². The average molecular weight is 245 g/mol. The van der Waals surface area contributed by atoms with E-state index in [-0.39, 0.29) is 0 Å². The number of H-pyrrole nitrogens is 1. The van der Waals surface area contributed by atoms with E-state index < -0.39 is 8.07 Å². The van der Waals surface area contributed by atoms with Crippen LogP contribution in [-0.4, -0.2) is 34.7 Å². The summed E-state index contributed by atoms with van der Waals surface area (Å²) in [7, 11) is -1.48. The first kappa shape index (κ1) is 11.7. The predicted molar refractivity (Wildman–Crippen MR) is 70.9 cm³/mol. The molecule has 2 aromatic rings. The van der Waals surface area contributed by atoms with Crippen LogP contribution in [0, 0.1) is 0 Å². The normalized spacial score (nSPS) is 12.2. The first-order chi connectivity index (χ1) is 8.07. The number of pyridine rings is 1. The van der Waals surface area contributed by atoms with Crippen LogP contribution in [0.3, 0.4) is 0 Å². The van der Waals surface area contributed by atoms with Gasteiger partial charge in [0.05, 0.1) is 11.5 Å². The Morgan fingerprint density at radius 2 is 2.06 bits per heavy atom. The molecule has 88 valence electrons. The van der Waals surface area contributed by atoms with Crippen LogP contribution in [0.25, 0.3) is 0 Å². The minimum atomic E-state index is -1.48. The van der Waals surface area contributed by atoms with Gasteiger partial charge >= 0.3 is 0 Å². The Morgan fingerprint density at radius 3 is 2.71 bits per heavy atom. The molecule has 0 fully saturated rings. The average Bonchev–Trinajstić information content (AvgIpc) is 2.75. The molecule has 2 heterocycles. The monoisotopic (exact) mass is 245 g/mol. The lowest BCUT2D eigenvalue weighted by atomic mass is 10.4. The molecule has 0 spiro atoms. The Kier molecular flexibility index (Phi) is 3.14. The van der Waals surface area contributed by atoms with Crippen LogP contribution in [0.2, 0.25) is 19.6 Å². The van der Waals surface area contributed by atoms with Crippen LogP contribution >= 0.6 is 0 Å². The summed E-state index contributed by atoms with van der Waals surface area (Å²) in [6.07, 6.45) is 3.44. The van der Waals surface area contributed by atoms with Gasteiger partial charge in [-0.2, -0.15) is 15.4 Å². The van der Waals surface area contributed by atoms with Crippen molar-refractivity contribution < 1.29 is 0 Å². The molecule has 0 aliphatic carbocycles. The summed E-state index contributed by atoms with van der Waals surface area (Å²) in [6.45, 7) is 6.68. The molecule has 0 radical (unpaired) electrons. The van der Waals surface area contributed by atoms with Crippen molar-refractivity contribution in [2.24, 2.45) is 4.99 Å². The highest BCUT2D eigenvalue weighted by molar-refractivity contribution is 6.88. The summed E-state index contributed by atoms with van der Waals surface area (Å²) in [5.74, 6) is 0.678. The fraction of sp³-hybridized carbons (Fsp3) is 0.273. The van der Waals surface area contributed by atoms with E-state index >= 15 is 0 Å². The molecule has 5 nitrogen and oxygen atoms in total. The summed E-state index contributed by atoms with van der Waals surface area (Å²) in [5.41, 5.74) is 0.815. The molecule has 0 saturated heterocycles. The van der Waals surface area contributed by atoms with E-state index in [1.165, 1.54) is 0 Å². The number of nitrogens with one attached hydrogen (secondary N) is 1. The zero-order valence-corrected chi connectivity index (χ0v) is 11.2. The summed E-state index contributed by atoms with van der Waals surface area (Å²) in [6, 6.07) is 5.62.